The Hall–Kier alpha value is -1.16. The molecule has 0 aliphatic rings. The third-order valence-corrected chi connectivity index (χ3v) is 2.53. The average Bonchev–Trinajstić information content (AvgIpc) is 2.24. The van der Waals surface area contributed by atoms with Gasteiger partial charge in [0, 0.05) is 12.2 Å². The first-order valence-corrected chi connectivity index (χ1v) is 5.76. The fourth-order valence-corrected chi connectivity index (χ4v) is 1.68. The van der Waals surface area contributed by atoms with Crippen molar-refractivity contribution in [3.8, 4) is 5.75 Å². The first-order chi connectivity index (χ1) is 7.29. The quantitative estimate of drug-likeness (QED) is 0.573. The van der Waals surface area contributed by atoms with Gasteiger partial charge in [-0.3, -0.25) is 4.79 Å². The lowest BCUT2D eigenvalue weighted by Gasteiger charge is -2.02. The number of hydrogen-bond acceptors (Lipinski definition) is 3. The summed E-state index contributed by atoms with van der Waals surface area (Å²) in [4.78, 5) is 10.2. The van der Waals surface area contributed by atoms with E-state index < -0.39 is 5.97 Å². The van der Waals surface area contributed by atoms with Crippen molar-refractivity contribution in [1.82, 2.24) is 0 Å². The number of carboxylic acids is 1. The maximum atomic E-state index is 10.2. The summed E-state index contributed by atoms with van der Waals surface area (Å²) in [6, 6.07) is 9.56. The van der Waals surface area contributed by atoms with Gasteiger partial charge in [0.2, 0.25) is 0 Å². The van der Waals surface area contributed by atoms with E-state index in [9.17, 15) is 4.79 Å². The zero-order valence-electron chi connectivity index (χ0n) is 8.39. The van der Waals surface area contributed by atoms with Crippen molar-refractivity contribution < 1.29 is 14.1 Å². The van der Waals surface area contributed by atoms with Gasteiger partial charge in [-0.2, -0.15) is 0 Å². The molecular formula is C11H14O3S. The van der Waals surface area contributed by atoms with Crippen LogP contribution in [-0.2, 0) is 4.79 Å². The number of rotatable bonds is 7. The van der Waals surface area contributed by atoms with E-state index in [0.29, 0.717) is 6.42 Å². The van der Waals surface area contributed by atoms with Gasteiger partial charge in [-0.05, 0) is 25.0 Å². The molecule has 15 heavy (non-hydrogen) atoms. The number of para-hydroxylation sites is 1. The molecule has 0 saturated carbocycles. The van der Waals surface area contributed by atoms with Crippen molar-refractivity contribution >= 4 is 18.0 Å². The first kappa shape index (κ1) is 11.9. The lowest BCUT2D eigenvalue weighted by molar-refractivity contribution is -0.137. The third-order valence-electron chi connectivity index (χ3n) is 1.77. The normalized spacial score (nSPS) is 9.87. The maximum absolute atomic E-state index is 10.2. The minimum absolute atomic E-state index is 0.242. The summed E-state index contributed by atoms with van der Waals surface area (Å²) in [6.45, 7) is 0. The molecule has 0 saturated heterocycles. The van der Waals surface area contributed by atoms with Crippen molar-refractivity contribution in [2.75, 3.05) is 5.75 Å². The van der Waals surface area contributed by atoms with Gasteiger partial charge >= 0.3 is 5.97 Å². The molecule has 1 rings (SSSR count). The molecule has 0 aromatic heterocycles. The van der Waals surface area contributed by atoms with Crippen LogP contribution in [0.2, 0.25) is 0 Å². The highest BCUT2D eigenvalue weighted by molar-refractivity contribution is 7.95. The Morgan fingerprint density at radius 3 is 2.67 bits per heavy atom. The summed E-state index contributed by atoms with van der Waals surface area (Å²) >= 11 is 1.37. The standard InChI is InChI=1S/C11H14O3S/c12-11(13)8-4-5-9-15-14-10-6-2-1-3-7-10/h1-3,6-7H,4-5,8-9H2,(H,12,13). The predicted octanol–water partition coefficient (Wildman–Crippen LogP) is 2.97. The Morgan fingerprint density at radius 2 is 2.00 bits per heavy atom. The number of carbonyl (C=O) groups is 1. The van der Waals surface area contributed by atoms with Crippen LogP contribution in [0.15, 0.2) is 30.3 Å². The number of hydrogen-bond donors (Lipinski definition) is 1. The highest BCUT2D eigenvalue weighted by Crippen LogP contribution is 2.16. The maximum Gasteiger partial charge on any atom is 0.303 e. The minimum Gasteiger partial charge on any atom is -0.481 e. The Morgan fingerprint density at radius 1 is 1.27 bits per heavy atom. The largest absolute Gasteiger partial charge is 0.481 e. The zero-order chi connectivity index (χ0) is 10.9. The Labute approximate surface area is 93.7 Å². The van der Waals surface area contributed by atoms with E-state index in [0.717, 1.165) is 17.9 Å². The number of aliphatic carboxylic acids is 1. The van der Waals surface area contributed by atoms with E-state index in [1.165, 1.54) is 12.0 Å². The van der Waals surface area contributed by atoms with E-state index >= 15 is 0 Å². The molecule has 0 amide bonds. The SMILES string of the molecule is O=C(O)CCCCSOc1ccccc1. The summed E-state index contributed by atoms with van der Waals surface area (Å²) in [7, 11) is 0. The highest BCUT2D eigenvalue weighted by atomic mass is 32.2. The molecule has 0 unspecified atom stereocenters. The summed E-state index contributed by atoms with van der Waals surface area (Å²) in [5.74, 6) is 0.923. The van der Waals surface area contributed by atoms with Crippen LogP contribution in [0.4, 0.5) is 0 Å². The van der Waals surface area contributed by atoms with Gasteiger partial charge < -0.3 is 9.29 Å². The van der Waals surface area contributed by atoms with E-state index in [1.807, 2.05) is 30.3 Å². The van der Waals surface area contributed by atoms with E-state index in [2.05, 4.69) is 0 Å². The van der Waals surface area contributed by atoms with Crippen LogP contribution in [0.25, 0.3) is 0 Å². The van der Waals surface area contributed by atoms with Crippen molar-refractivity contribution in [3.05, 3.63) is 30.3 Å². The predicted molar refractivity (Wildman–Crippen MR) is 61.0 cm³/mol. The van der Waals surface area contributed by atoms with Gasteiger partial charge in [0.25, 0.3) is 0 Å². The van der Waals surface area contributed by atoms with Crippen molar-refractivity contribution in [3.63, 3.8) is 0 Å². The molecule has 1 N–H and O–H groups in total. The molecule has 0 bridgehead atoms. The van der Waals surface area contributed by atoms with Crippen LogP contribution < -0.4 is 4.18 Å². The molecule has 0 spiro atoms. The number of carboxylic acid groups (broad SMARTS) is 1. The fraction of sp³-hybridized carbons (Fsp3) is 0.364. The minimum atomic E-state index is -0.732. The van der Waals surface area contributed by atoms with E-state index in [4.69, 9.17) is 9.29 Å². The molecule has 0 radical (unpaired) electrons. The smallest absolute Gasteiger partial charge is 0.303 e. The molecule has 0 aliphatic heterocycles. The van der Waals surface area contributed by atoms with Gasteiger partial charge in [-0.25, -0.2) is 0 Å². The lowest BCUT2D eigenvalue weighted by atomic mass is 10.3. The molecule has 0 aliphatic carbocycles. The van der Waals surface area contributed by atoms with Gasteiger partial charge in [0.05, 0.1) is 12.0 Å². The van der Waals surface area contributed by atoms with Crippen molar-refractivity contribution in [2.24, 2.45) is 0 Å². The summed E-state index contributed by atoms with van der Waals surface area (Å²) in [5, 5.41) is 8.41. The number of benzene rings is 1. The summed E-state index contributed by atoms with van der Waals surface area (Å²) in [6.07, 6.45) is 1.82. The second kappa shape index (κ2) is 7.17. The van der Waals surface area contributed by atoms with Gasteiger partial charge in [0.1, 0.15) is 5.75 Å². The Kier molecular flexibility index (Phi) is 5.70. The average molecular weight is 226 g/mol. The van der Waals surface area contributed by atoms with Crippen LogP contribution in [0.3, 0.4) is 0 Å². The van der Waals surface area contributed by atoms with Crippen LogP contribution in [0.1, 0.15) is 19.3 Å². The van der Waals surface area contributed by atoms with Gasteiger partial charge in [0.15, 0.2) is 0 Å². The van der Waals surface area contributed by atoms with Crippen LogP contribution in [0.5, 0.6) is 5.75 Å². The highest BCUT2D eigenvalue weighted by Gasteiger charge is 1.97. The van der Waals surface area contributed by atoms with Gasteiger partial charge in [-0.1, -0.05) is 18.2 Å². The molecule has 0 fully saturated rings. The molecule has 0 heterocycles. The van der Waals surface area contributed by atoms with E-state index in [1.54, 1.807) is 0 Å². The molecule has 3 nitrogen and oxygen atoms in total. The number of unbranched alkanes of at least 4 members (excludes halogenated alkanes) is 1. The molecule has 4 heteroatoms. The second-order valence-corrected chi connectivity index (χ2v) is 3.88. The molecule has 82 valence electrons. The topological polar surface area (TPSA) is 46.5 Å². The monoisotopic (exact) mass is 226 g/mol. The fourth-order valence-electron chi connectivity index (χ4n) is 1.02. The zero-order valence-corrected chi connectivity index (χ0v) is 9.20. The summed E-state index contributed by atoms with van der Waals surface area (Å²) in [5.41, 5.74) is 0. The molecular weight excluding hydrogens is 212 g/mol. The first-order valence-electron chi connectivity index (χ1n) is 4.85. The van der Waals surface area contributed by atoms with Crippen LogP contribution in [0, 0.1) is 0 Å². The van der Waals surface area contributed by atoms with Crippen molar-refractivity contribution in [1.29, 1.82) is 0 Å². The van der Waals surface area contributed by atoms with Crippen LogP contribution >= 0.6 is 12.0 Å². The van der Waals surface area contributed by atoms with Crippen molar-refractivity contribution in [2.45, 2.75) is 19.3 Å². The lowest BCUT2D eigenvalue weighted by Crippen LogP contribution is -1.94. The van der Waals surface area contributed by atoms with Crippen LogP contribution in [-0.4, -0.2) is 16.8 Å². The summed E-state index contributed by atoms with van der Waals surface area (Å²) < 4.78 is 5.38. The second-order valence-electron chi connectivity index (χ2n) is 3.07. The molecule has 1 aromatic carbocycles. The Balaban J connectivity index is 2.00. The van der Waals surface area contributed by atoms with Gasteiger partial charge in [-0.15, -0.1) is 0 Å². The molecule has 0 atom stereocenters. The van der Waals surface area contributed by atoms with E-state index in [-0.39, 0.29) is 6.42 Å². The third kappa shape index (κ3) is 6.01. The molecule has 1 aromatic rings. The Bertz CT molecular complexity index is 287.